The summed E-state index contributed by atoms with van der Waals surface area (Å²) in [4.78, 5) is 31.5. The Labute approximate surface area is 210 Å². The standard InChI is InChI=1S/C29H29N3O4/c33-28(32-15-16-35-27(19-32)22-11-5-2-6-12-22)26(17-23-18-30-25-14-8-7-13-24(23)25)31-29(34)36-20-21-9-3-1-4-10-21/h1-14,18,26-27,30H,15-17,19-20H2,(H,31,34)/t26-,27-/m0/s1. The van der Waals surface area contributed by atoms with Crippen molar-refractivity contribution in [3.63, 3.8) is 0 Å². The van der Waals surface area contributed by atoms with Gasteiger partial charge >= 0.3 is 6.09 Å². The lowest BCUT2D eigenvalue weighted by Crippen LogP contribution is -2.53. The van der Waals surface area contributed by atoms with E-state index in [4.69, 9.17) is 9.47 Å². The molecule has 2 N–H and O–H groups in total. The highest BCUT2D eigenvalue weighted by Gasteiger charge is 2.32. The van der Waals surface area contributed by atoms with Gasteiger partial charge in [0.25, 0.3) is 0 Å². The molecule has 2 heterocycles. The molecule has 0 spiro atoms. The van der Waals surface area contributed by atoms with Crippen molar-refractivity contribution in [3.8, 4) is 0 Å². The minimum absolute atomic E-state index is 0.133. The van der Waals surface area contributed by atoms with Gasteiger partial charge in [0.1, 0.15) is 18.8 Å². The second kappa shape index (κ2) is 11.1. The van der Waals surface area contributed by atoms with E-state index in [1.165, 1.54) is 0 Å². The van der Waals surface area contributed by atoms with E-state index in [2.05, 4.69) is 10.3 Å². The number of para-hydroxylation sites is 1. The van der Waals surface area contributed by atoms with Crippen molar-refractivity contribution in [1.82, 2.24) is 15.2 Å². The second-order valence-corrected chi connectivity index (χ2v) is 8.88. The number of morpholine rings is 1. The lowest BCUT2D eigenvalue weighted by Gasteiger charge is -2.35. The molecule has 4 aromatic rings. The molecule has 5 rings (SSSR count). The maximum atomic E-state index is 13.7. The van der Waals surface area contributed by atoms with E-state index >= 15 is 0 Å². The molecule has 2 atom stereocenters. The van der Waals surface area contributed by atoms with Gasteiger partial charge in [-0.05, 0) is 22.8 Å². The number of rotatable bonds is 7. The number of nitrogens with zero attached hydrogens (tertiary/aromatic N) is 1. The molecule has 3 aromatic carbocycles. The molecule has 1 aliphatic rings. The lowest BCUT2D eigenvalue weighted by molar-refractivity contribution is -0.141. The zero-order valence-corrected chi connectivity index (χ0v) is 19.9. The van der Waals surface area contributed by atoms with Crippen LogP contribution in [0.15, 0.2) is 91.1 Å². The van der Waals surface area contributed by atoms with E-state index in [0.29, 0.717) is 26.1 Å². The Bertz CT molecular complexity index is 1310. The number of alkyl carbamates (subject to hydrolysis) is 1. The first-order valence-electron chi connectivity index (χ1n) is 12.1. The number of fused-ring (bicyclic) bond motifs is 1. The number of H-pyrrole nitrogens is 1. The van der Waals surface area contributed by atoms with Gasteiger partial charge < -0.3 is 24.7 Å². The van der Waals surface area contributed by atoms with Crippen LogP contribution in [0.25, 0.3) is 10.9 Å². The smallest absolute Gasteiger partial charge is 0.408 e. The minimum Gasteiger partial charge on any atom is -0.445 e. The number of hydrogen-bond acceptors (Lipinski definition) is 4. The van der Waals surface area contributed by atoms with Gasteiger partial charge in [-0.25, -0.2) is 4.79 Å². The quantitative estimate of drug-likeness (QED) is 0.402. The number of aromatic amines is 1. The Kier molecular flexibility index (Phi) is 7.28. The van der Waals surface area contributed by atoms with E-state index in [-0.39, 0.29) is 18.6 Å². The molecule has 0 aliphatic carbocycles. The lowest BCUT2D eigenvalue weighted by atomic mass is 10.0. The Morgan fingerprint density at radius 1 is 1.00 bits per heavy atom. The van der Waals surface area contributed by atoms with Crippen LogP contribution < -0.4 is 5.32 Å². The second-order valence-electron chi connectivity index (χ2n) is 8.88. The van der Waals surface area contributed by atoms with E-state index in [1.807, 2.05) is 91.1 Å². The molecule has 0 bridgehead atoms. The molecular weight excluding hydrogens is 454 g/mol. The van der Waals surface area contributed by atoms with Crippen LogP contribution in [0, 0.1) is 0 Å². The summed E-state index contributed by atoms with van der Waals surface area (Å²) < 4.78 is 11.4. The molecule has 0 saturated carbocycles. The summed E-state index contributed by atoms with van der Waals surface area (Å²) >= 11 is 0. The van der Waals surface area contributed by atoms with Crippen LogP contribution in [0.2, 0.25) is 0 Å². The van der Waals surface area contributed by atoms with Gasteiger partial charge in [0, 0.05) is 30.1 Å². The number of hydrogen-bond donors (Lipinski definition) is 2. The van der Waals surface area contributed by atoms with Crippen molar-refractivity contribution < 1.29 is 19.1 Å². The van der Waals surface area contributed by atoms with Crippen LogP contribution in [0.3, 0.4) is 0 Å². The van der Waals surface area contributed by atoms with Gasteiger partial charge in [-0.3, -0.25) is 4.79 Å². The van der Waals surface area contributed by atoms with Gasteiger partial charge in [-0.2, -0.15) is 0 Å². The summed E-state index contributed by atoms with van der Waals surface area (Å²) in [5.41, 5.74) is 3.85. The van der Waals surface area contributed by atoms with Crippen LogP contribution in [0.5, 0.6) is 0 Å². The fourth-order valence-electron chi connectivity index (χ4n) is 4.57. The number of carbonyl (C=O) groups excluding carboxylic acids is 2. The third kappa shape index (κ3) is 5.58. The molecule has 7 heteroatoms. The molecular formula is C29H29N3O4. The normalized spacial score (nSPS) is 16.4. The average molecular weight is 484 g/mol. The Balaban J connectivity index is 1.32. The zero-order valence-electron chi connectivity index (χ0n) is 19.9. The Hall–Kier alpha value is -4.10. The minimum atomic E-state index is -0.776. The highest BCUT2D eigenvalue weighted by atomic mass is 16.5. The number of amides is 2. The number of aromatic nitrogens is 1. The van der Waals surface area contributed by atoms with Crippen molar-refractivity contribution in [2.75, 3.05) is 19.7 Å². The third-order valence-corrected chi connectivity index (χ3v) is 6.45. The number of ether oxygens (including phenoxy) is 2. The van der Waals surface area contributed by atoms with E-state index in [1.54, 1.807) is 4.90 Å². The van der Waals surface area contributed by atoms with Gasteiger partial charge in [-0.15, -0.1) is 0 Å². The van der Waals surface area contributed by atoms with Crippen LogP contribution >= 0.6 is 0 Å². The summed E-state index contributed by atoms with van der Waals surface area (Å²) in [6.45, 7) is 1.46. The van der Waals surface area contributed by atoms with Crippen molar-refractivity contribution in [3.05, 3.63) is 108 Å². The Morgan fingerprint density at radius 3 is 2.53 bits per heavy atom. The predicted octanol–water partition coefficient (Wildman–Crippen LogP) is 4.61. The monoisotopic (exact) mass is 483 g/mol. The summed E-state index contributed by atoms with van der Waals surface area (Å²) in [5, 5.41) is 3.86. The van der Waals surface area contributed by atoms with Crippen LogP contribution in [0.4, 0.5) is 4.79 Å². The van der Waals surface area contributed by atoms with Crippen molar-refractivity contribution in [2.24, 2.45) is 0 Å². The fraction of sp³-hybridized carbons (Fsp3) is 0.241. The van der Waals surface area contributed by atoms with Gasteiger partial charge in [-0.1, -0.05) is 78.9 Å². The van der Waals surface area contributed by atoms with Gasteiger partial charge in [0.2, 0.25) is 5.91 Å². The number of nitrogens with one attached hydrogen (secondary N) is 2. The third-order valence-electron chi connectivity index (χ3n) is 6.45. The molecule has 1 aromatic heterocycles. The predicted molar refractivity (Wildman–Crippen MR) is 137 cm³/mol. The highest BCUT2D eigenvalue weighted by molar-refractivity contribution is 5.88. The maximum absolute atomic E-state index is 13.7. The molecule has 1 aliphatic heterocycles. The van der Waals surface area contributed by atoms with Crippen LogP contribution in [-0.2, 0) is 27.3 Å². The molecule has 2 amide bonds. The zero-order chi connectivity index (χ0) is 24.7. The molecule has 36 heavy (non-hydrogen) atoms. The molecule has 7 nitrogen and oxygen atoms in total. The highest BCUT2D eigenvalue weighted by Crippen LogP contribution is 2.24. The largest absolute Gasteiger partial charge is 0.445 e. The first kappa shape index (κ1) is 23.6. The van der Waals surface area contributed by atoms with E-state index < -0.39 is 12.1 Å². The first-order chi connectivity index (χ1) is 17.7. The van der Waals surface area contributed by atoms with Crippen LogP contribution in [-0.4, -0.2) is 47.6 Å². The summed E-state index contributed by atoms with van der Waals surface area (Å²) in [6.07, 6.45) is 1.41. The van der Waals surface area contributed by atoms with Crippen molar-refractivity contribution in [2.45, 2.75) is 25.2 Å². The summed E-state index contributed by atoms with van der Waals surface area (Å²) in [5.74, 6) is -0.152. The average Bonchev–Trinajstić information content (AvgIpc) is 3.35. The first-order valence-corrected chi connectivity index (χ1v) is 12.1. The molecule has 1 saturated heterocycles. The fourth-order valence-corrected chi connectivity index (χ4v) is 4.57. The number of benzene rings is 3. The summed E-state index contributed by atoms with van der Waals surface area (Å²) in [6, 6.07) is 26.5. The van der Waals surface area contributed by atoms with Crippen molar-refractivity contribution in [1.29, 1.82) is 0 Å². The molecule has 0 unspecified atom stereocenters. The van der Waals surface area contributed by atoms with E-state index in [0.717, 1.165) is 27.6 Å². The topological polar surface area (TPSA) is 83.7 Å². The van der Waals surface area contributed by atoms with Crippen molar-refractivity contribution >= 4 is 22.9 Å². The molecule has 0 radical (unpaired) electrons. The number of carbonyl (C=O) groups is 2. The molecule has 1 fully saturated rings. The maximum Gasteiger partial charge on any atom is 0.408 e. The Morgan fingerprint density at radius 2 is 1.72 bits per heavy atom. The van der Waals surface area contributed by atoms with E-state index in [9.17, 15) is 9.59 Å². The summed E-state index contributed by atoms with van der Waals surface area (Å²) in [7, 11) is 0. The van der Waals surface area contributed by atoms with Gasteiger partial charge in [0.05, 0.1) is 13.2 Å². The van der Waals surface area contributed by atoms with Gasteiger partial charge in [0.15, 0.2) is 0 Å². The molecule has 184 valence electrons. The SMILES string of the molecule is O=C(N[C@@H](Cc1c[nH]c2ccccc12)C(=O)N1CCO[C@H](c2ccccc2)C1)OCc1ccccc1. The van der Waals surface area contributed by atoms with Crippen LogP contribution in [0.1, 0.15) is 22.8 Å².